The van der Waals surface area contributed by atoms with Gasteiger partial charge in [0.25, 0.3) is 0 Å². The van der Waals surface area contributed by atoms with Crippen LogP contribution < -0.4 is 5.32 Å². The molecule has 1 unspecified atom stereocenters. The highest BCUT2D eigenvalue weighted by molar-refractivity contribution is 5.78. The minimum absolute atomic E-state index is 0.117. The van der Waals surface area contributed by atoms with Crippen LogP contribution in [0.1, 0.15) is 27.2 Å². The van der Waals surface area contributed by atoms with Gasteiger partial charge >= 0.3 is 5.97 Å². The van der Waals surface area contributed by atoms with Crippen LogP contribution in [0.2, 0.25) is 0 Å². The van der Waals surface area contributed by atoms with Crippen molar-refractivity contribution < 1.29 is 19.4 Å². The standard InChI is InChI=1S/C10H19NO4/c1-4-8(7(2)3)11-9(12)5-15-6-10(13)14/h7-8H,4-6H2,1-3H3,(H,11,12)(H,13,14). The molecule has 5 nitrogen and oxygen atoms in total. The van der Waals surface area contributed by atoms with Gasteiger partial charge in [-0.3, -0.25) is 4.79 Å². The van der Waals surface area contributed by atoms with Crippen LogP contribution in [0.4, 0.5) is 0 Å². The fraction of sp³-hybridized carbons (Fsp3) is 0.800. The topological polar surface area (TPSA) is 75.6 Å². The molecule has 15 heavy (non-hydrogen) atoms. The van der Waals surface area contributed by atoms with E-state index in [2.05, 4.69) is 10.1 Å². The molecule has 0 aromatic carbocycles. The minimum atomic E-state index is -1.07. The predicted molar refractivity (Wildman–Crippen MR) is 55.5 cm³/mol. The zero-order chi connectivity index (χ0) is 11.8. The molecule has 0 saturated carbocycles. The number of hydrogen-bond donors (Lipinski definition) is 2. The van der Waals surface area contributed by atoms with Crippen molar-refractivity contribution in [1.82, 2.24) is 5.32 Å². The SMILES string of the molecule is CCC(NC(=O)COCC(=O)O)C(C)C. The number of amides is 1. The van der Waals surface area contributed by atoms with Crippen LogP contribution in [0.3, 0.4) is 0 Å². The molecular weight excluding hydrogens is 198 g/mol. The van der Waals surface area contributed by atoms with Crippen molar-refractivity contribution in [2.24, 2.45) is 5.92 Å². The molecule has 0 aliphatic heterocycles. The summed E-state index contributed by atoms with van der Waals surface area (Å²) in [5.41, 5.74) is 0. The lowest BCUT2D eigenvalue weighted by molar-refractivity contribution is -0.143. The van der Waals surface area contributed by atoms with Crippen molar-refractivity contribution in [3.63, 3.8) is 0 Å². The summed E-state index contributed by atoms with van der Waals surface area (Å²) in [4.78, 5) is 21.4. The van der Waals surface area contributed by atoms with Gasteiger partial charge in [-0.15, -0.1) is 0 Å². The number of carboxylic acids is 1. The highest BCUT2D eigenvalue weighted by Crippen LogP contribution is 2.04. The van der Waals surface area contributed by atoms with Crippen molar-refractivity contribution in [3.05, 3.63) is 0 Å². The lowest BCUT2D eigenvalue weighted by Gasteiger charge is -2.20. The average Bonchev–Trinajstić information content (AvgIpc) is 2.13. The largest absolute Gasteiger partial charge is 0.480 e. The van der Waals surface area contributed by atoms with E-state index >= 15 is 0 Å². The second kappa shape index (κ2) is 7.23. The van der Waals surface area contributed by atoms with Crippen LogP contribution in [-0.4, -0.2) is 36.2 Å². The van der Waals surface area contributed by atoms with E-state index in [9.17, 15) is 9.59 Å². The molecular formula is C10H19NO4. The summed E-state index contributed by atoms with van der Waals surface area (Å²) in [6, 6.07) is 0.117. The van der Waals surface area contributed by atoms with E-state index in [1.165, 1.54) is 0 Å². The molecule has 0 spiro atoms. The van der Waals surface area contributed by atoms with E-state index in [4.69, 9.17) is 5.11 Å². The highest BCUT2D eigenvalue weighted by Gasteiger charge is 2.13. The van der Waals surface area contributed by atoms with Crippen LogP contribution in [0.5, 0.6) is 0 Å². The molecule has 1 atom stereocenters. The van der Waals surface area contributed by atoms with Gasteiger partial charge in [-0.05, 0) is 12.3 Å². The zero-order valence-corrected chi connectivity index (χ0v) is 9.45. The Bertz CT molecular complexity index is 215. The van der Waals surface area contributed by atoms with Crippen molar-refractivity contribution in [2.75, 3.05) is 13.2 Å². The molecule has 0 aliphatic carbocycles. The Labute approximate surface area is 89.8 Å². The second-order valence-corrected chi connectivity index (χ2v) is 3.71. The normalized spacial score (nSPS) is 12.5. The summed E-state index contributed by atoms with van der Waals surface area (Å²) < 4.78 is 4.67. The Morgan fingerprint density at radius 1 is 1.33 bits per heavy atom. The third-order valence-electron chi connectivity index (χ3n) is 2.05. The number of carbonyl (C=O) groups is 2. The monoisotopic (exact) mass is 217 g/mol. The van der Waals surface area contributed by atoms with E-state index < -0.39 is 12.6 Å². The van der Waals surface area contributed by atoms with Crippen molar-refractivity contribution in [2.45, 2.75) is 33.2 Å². The number of hydrogen-bond acceptors (Lipinski definition) is 3. The quantitative estimate of drug-likeness (QED) is 0.656. The van der Waals surface area contributed by atoms with Crippen molar-refractivity contribution in [1.29, 1.82) is 0 Å². The third-order valence-corrected chi connectivity index (χ3v) is 2.05. The van der Waals surface area contributed by atoms with Gasteiger partial charge in [-0.25, -0.2) is 4.79 Å². The van der Waals surface area contributed by atoms with Crippen LogP contribution in [-0.2, 0) is 14.3 Å². The lowest BCUT2D eigenvalue weighted by Crippen LogP contribution is -2.40. The van der Waals surface area contributed by atoms with E-state index in [1.54, 1.807) is 0 Å². The maximum atomic E-state index is 11.3. The summed E-state index contributed by atoms with van der Waals surface area (Å²) in [5.74, 6) is -0.978. The number of ether oxygens (including phenoxy) is 1. The fourth-order valence-corrected chi connectivity index (χ4v) is 1.22. The number of nitrogens with one attached hydrogen (secondary N) is 1. The van der Waals surface area contributed by atoms with Crippen molar-refractivity contribution in [3.8, 4) is 0 Å². The number of carboxylic acid groups (broad SMARTS) is 1. The van der Waals surface area contributed by atoms with E-state index in [1.807, 2.05) is 20.8 Å². The summed E-state index contributed by atoms with van der Waals surface area (Å²) in [7, 11) is 0. The van der Waals surface area contributed by atoms with Crippen LogP contribution in [0, 0.1) is 5.92 Å². The highest BCUT2D eigenvalue weighted by atomic mass is 16.5. The van der Waals surface area contributed by atoms with Gasteiger partial charge in [0.05, 0.1) is 0 Å². The van der Waals surface area contributed by atoms with Gasteiger partial charge in [0.2, 0.25) is 5.91 Å². The van der Waals surface area contributed by atoms with E-state index in [-0.39, 0.29) is 18.6 Å². The van der Waals surface area contributed by atoms with Gasteiger partial charge in [-0.2, -0.15) is 0 Å². The van der Waals surface area contributed by atoms with Gasteiger partial charge < -0.3 is 15.2 Å². The Balaban J connectivity index is 3.76. The van der Waals surface area contributed by atoms with Crippen molar-refractivity contribution >= 4 is 11.9 Å². The first-order valence-electron chi connectivity index (χ1n) is 5.06. The first-order chi connectivity index (χ1) is 6.97. The molecule has 0 saturated heterocycles. The molecule has 5 heteroatoms. The Hall–Kier alpha value is -1.10. The molecule has 88 valence electrons. The number of rotatable bonds is 7. The molecule has 0 aromatic rings. The molecule has 0 heterocycles. The van der Waals surface area contributed by atoms with Gasteiger partial charge in [0.15, 0.2) is 0 Å². The lowest BCUT2D eigenvalue weighted by atomic mass is 10.0. The van der Waals surface area contributed by atoms with Crippen LogP contribution >= 0.6 is 0 Å². The Kier molecular flexibility index (Phi) is 6.70. The Morgan fingerprint density at radius 2 is 1.93 bits per heavy atom. The maximum Gasteiger partial charge on any atom is 0.329 e. The average molecular weight is 217 g/mol. The Morgan fingerprint density at radius 3 is 2.33 bits per heavy atom. The molecule has 1 amide bonds. The minimum Gasteiger partial charge on any atom is -0.480 e. The number of carbonyl (C=O) groups excluding carboxylic acids is 1. The zero-order valence-electron chi connectivity index (χ0n) is 9.45. The second-order valence-electron chi connectivity index (χ2n) is 3.71. The third kappa shape index (κ3) is 6.90. The van der Waals surface area contributed by atoms with E-state index in [0.29, 0.717) is 5.92 Å². The van der Waals surface area contributed by atoms with Crippen LogP contribution in [0.25, 0.3) is 0 Å². The number of aliphatic carboxylic acids is 1. The summed E-state index contributed by atoms with van der Waals surface area (Å²) in [5, 5.41) is 11.1. The summed E-state index contributed by atoms with van der Waals surface area (Å²) >= 11 is 0. The molecule has 2 N–H and O–H groups in total. The first kappa shape index (κ1) is 13.9. The fourth-order valence-electron chi connectivity index (χ4n) is 1.22. The predicted octanol–water partition coefficient (Wildman–Crippen LogP) is 0.638. The van der Waals surface area contributed by atoms with Gasteiger partial charge in [0, 0.05) is 6.04 Å². The molecule has 0 radical (unpaired) electrons. The van der Waals surface area contributed by atoms with E-state index in [0.717, 1.165) is 6.42 Å². The molecule has 0 fully saturated rings. The molecule has 0 bridgehead atoms. The smallest absolute Gasteiger partial charge is 0.329 e. The maximum absolute atomic E-state index is 11.3. The molecule has 0 aromatic heterocycles. The summed E-state index contributed by atoms with van der Waals surface area (Å²) in [6.07, 6.45) is 0.850. The van der Waals surface area contributed by atoms with Gasteiger partial charge in [-0.1, -0.05) is 20.8 Å². The molecule has 0 rings (SSSR count). The first-order valence-corrected chi connectivity index (χ1v) is 5.06. The van der Waals surface area contributed by atoms with Gasteiger partial charge in [0.1, 0.15) is 13.2 Å². The van der Waals surface area contributed by atoms with Crippen LogP contribution in [0.15, 0.2) is 0 Å². The molecule has 0 aliphatic rings. The summed E-state index contributed by atoms with van der Waals surface area (Å²) in [6.45, 7) is 5.39.